The van der Waals surface area contributed by atoms with E-state index in [-0.39, 0.29) is 18.0 Å². The summed E-state index contributed by atoms with van der Waals surface area (Å²) in [6.07, 6.45) is 6.14. The van der Waals surface area contributed by atoms with Crippen molar-refractivity contribution in [1.82, 2.24) is 14.9 Å². The van der Waals surface area contributed by atoms with Crippen LogP contribution in [0.4, 0.5) is 5.95 Å². The lowest BCUT2D eigenvalue weighted by Crippen LogP contribution is -2.41. The summed E-state index contributed by atoms with van der Waals surface area (Å²) in [6, 6.07) is 0. The predicted octanol–water partition coefficient (Wildman–Crippen LogP) is 0.615. The molecular formula is C12H16N4O2. The zero-order valence-electron chi connectivity index (χ0n) is 10.1. The molecule has 0 aliphatic carbocycles. The van der Waals surface area contributed by atoms with Gasteiger partial charge in [0.05, 0.1) is 12.4 Å². The van der Waals surface area contributed by atoms with Crippen molar-refractivity contribution in [3.05, 3.63) is 25.0 Å². The van der Waals surface area contributed by atoms with Gasteiger partial charge in [0.2, 0.25) is 11.9 Å². The van der Waals surface area contributed by atoms with E-state index in [4.69, 9.17) is 10.5 Å². The maximum Gasteiger partial charge on any atom is 0.245 e. The van der Waals surface area contributed by atoms with Crippen LogP contribution in [0.3, 0.4) is 0 Å². The molecule has 0 atom stereocenters. The van der Waals surface area contributed by atoms with Crippen LogP contribution in [0.15, 0.2) is 25.0 Å². The van der Waals surface area contributed by atoms with E-state index >= 15 is 0 Å². The zero-order valence-corrected chi connectivity index (χ0v) is 10.1. The third-order valence-corrected chi connectivity index (χ3v) is 2.88. The number of hydrogen-bond donors (Lipinski definition) is 1. The Hall–Kier alpha value is -2.11. The van der Waals surface area contributed by atoms with Crippen molar-refractivity contribution in [3.8, 4) is 5.75 Å². The van der Waals surface area contributed by atoms with Gasteiger partial charge in [-0.15, -0.1) is 0 Å². The van der Waals surface area contributed by atoms with Gasteiger partial charge in [-0.1, -0.05) is 6.58 Å². The number of carbonyl (C=O) groups excluding carboxylic acids is 1. The number of likely N-dealkylation sites (tertiary alicyclic amines) is 1. The van der Waals surface area contributed by atoms with Crippen LogP contribution < -0.4 is 10.5 Å². The minimum absolute atomic E-state index is 0.0238. The van der Waals surface area contributed by atoms with Crippen LogP contribution in [-0.4, -0.2) is 40.0 Å². The SMILES string of the molecule is C=CC(=O)N1CCC(Oc2cnc(N)nc2)CC1. The van der Waals surface area contributed by atoms with Crippen molar-refractivity contribution in [2.45, 2.75) is 18.9 Å². The lowest BCUT2D eigenvalue weighted by molar-refractivity contribution is -0.127. The number of rotatable bonds is 3. The van der Waals surface area contributed by atoms with Gasteiger partial charge in [0.25, 0.3) is 0 Å². The molecule has 6 heteroatoms. The van der Waals surface area contributed by atoms with E-state index in [1.54, 1.807) is 17.3 Å². The van der Waals surface area contributed by atoms with Crippen LogP contribution in [0.25, 0.3) is 0 Å². The molecule has 0 saturated carbocycles. The molecule has 1 fully saturated rings. The average molecular weight is 248 g/mol. The number of nitrogens with two attached hydrogens (primary N) is 1. The quantitative estimate of drug-likeness (QED) is 0.793. The van der Waals surface area contributed by atoms with Crippen LogP contribution in [0.5, 0.6) is 5.75 Å². The molecule has 6 nitrogen and oxygen atoms in total. The van der Waals surface area contributed by atoms with Crippen molar-refractivity contribution >= 4 is 11.9 Å². The molecule has 1 amide bonds. The largest absolute Gasteiger partial charge is 0.487 e. The van der Waals surface area contributed by atoms with Gasteiger partial charge in [-0.05, 0) is 6.08 Å². The number of carbonyl (C=O) groups is 1. The van der Waals surface area contributed by atoms with Crippen molar-refractivity contribution in [3.63, 3.8) is 0 Å². The second-order valence-corrected chi connectivity index (χ2v) is 4.12. The molecule has 18 heavy (non-hydrogen) atoms. The normalized spacial score (nSPS) is 16.3. The summed E-state index contributed by atoms with van der Waals surface area (Å²) in [5.41, 5.74) is 5.40. The standard InChI is InChI=1S/C12H16N4O2/c1-2-11(17)16-5-3-9(4-6-16)18-10-7-14-12(13)15-8-10/h2,7-9H,1,3-6H2,(H2,13,14,15). The molecule has 0 bridgehead atoms. The van der Waals surface area contributed by atoms with E-state index in [1.807, 2.05) is 0 Å². The second-order valence-electron chi connectivity index (χ2n) is 4.12. The highest BCUT2D eigenvalue weighted by Gasteiger charge is 2.22. The molecule has 0 radical (unpaired) electrons. The fourth-order valence-corrected chi connectivity index (χ4v) is 1.90. The Labute approximate surface area is 105 Å². The average Bonchev–Trinajstić information content (AvgIpc) is 2.41. The van der Waals surface area contributed by atoms with Crippen molar-refractivity contribution < 1.29 is 9.53 Å². The van der Waals surface area contributed by atoms with Crippen LogP contribution in [0.2, 0.25) is 0 Å². The topological polar surface area (TPSA) is 81.3 Å². The number of hydrogen-bond acceptors (Lipinski definition) is 5. The monoisotopic (exact) mass is 248 g/mol. The summed E-state index contributed by atoms with van der Waals surface area (Å²) < 4.78 is 5.73. The smallest absolute Gasteiger partial charge is 0.245 e. The van der Waals surface area contributed by atoms with Crippen molar-refractivity contribution in [2.75, 3.05) is 18.8 Å². The van der Waals surface area contributed by atoms with E-state index in [2.05, 4.69) is 16.5 Å². The summed E-state index contributed by atoms with van der Waals surface area (Å²) in [4.78, 5) is 20.9. The Morgan fingerprint density at radius 1 is 1.44 bits per heavy atom. The second kappa shape index (κ2) is 5.48. The zero-order chi connectivity index (χ0) is 13.0. The first-order valence-corrected chi connectivity index (χ1v) is 5.84. The fourth-order valence-electron chi connectivity index (χ4n) is 1.90. The third kappa shape index (κ3) is 2.97. The highest BCUT2D eigenvalue weighted by Crippen LogP contribution is 2.18. The number of aromatic nitrogens is 2. The molecule has 1 saturated heterocycles. The van der Waals surface area contributed by atoms with Crippen LogP contribution in [0.1, 0.15) is 12.8 Å². The minimum Gasteiger partial charge on any atom is -0.487 e. The molecule has 2 rings (SSSR count). The minimum atomic E-state index is -0.0238. The third-order valence-electron chi connectivity index (χ3n) is 2.88. The van der Waals surface area contributed by atoms with E-state index in [9.17, 15) is 4.79 Å². The number of ether oxygens (including phenoxy) is 1. The summed E-state index contributed by atoms with van der Waals surface area (Å²) in [5, 5.41) is 0. The maximum absolute atomic E-state index is 11.4. The molecule has 1 aromatic rings. The molecule has 2 N–H and O–H groups in total. The molecule has 0 aromatic carbocycles. The number of amides is 1. The lowest BCUT2D eigenvalue weighted by atomic mass is 10.1. The van der Waals surface area contributed by atoms with E-state index in [0.29, 0.717) is 18.8 Å². The van der Waals surface area contributed by atoms with Crippen molar-refractivity contribution in [2.24, 2.45) is 0 Å². The summed E-state index contributed by atoms with van der Waals surface area (Å²) >= 11 is 0. The molecule has 0 spiro atoms. The number of piperidine rings is 1. The highest BCUT2D eigenvalue weighted by atomic mass is 16.5. The molecule has 1 aliphatic rings. The number of anilines is 1. The molecule has 0 unspecified atom stereocenters. The molecule has 2 heterocycles. The van der Waals surface area contributed by atoms with Gasteiger partial charge >= 0.3 is 0 Å². The van der Waals surface area contributed by atoms with E-state index in [0.717, 1.165) is 12.8 Å². The van der Waals surface area contributed by atoms with Gasteiger partial charge in [-0.2, -0.15) is 0 Å². The van der Waals surface area contributed by atoms with E-state index in [1.165, 1.54) is 6.08 Å². The summed E-state index contributed by atoms with van der Waals surface area (Å²) in [7, 11) is 0. The van der Waals surface area contributed by atoms with Gasteiger partial charge in [-0.3, -0.25) is 4.79 Å². The van der Waals surface area contributed by atoms with Gasteiger partial charge in [0, 0.05) is 25.9 Å². The number of nitrogen functional groups attached to an aromatic ring is 1. The first kappa shape index (κ1) is 12.3. The fraction of sp³-hybridized carbons (Fsp3) is 0.417. The molecule has 1 aliphatic heterocycles. The first-order chi connectivity index (χ1) is 8.69. The van der Waals surface area contributed by atoms with Gasteiger partial charge < -0.3 is 15.4 Å². The number of nitrogens with zero attached hydrogens (tertiary/aromatic N) is 3. The maximum atomic E-state index is 11.4. The molecule has 96 valence electrons. The first-order valence-electron chi connectivity index (χ1n) is 5.84. The molecular weight excluding hydrogens is 232 g/mol. The Morgan fingerprint density at radius 2 is 2.06 bits per heavy atom. The predicted molar refractivity (Wildman–Crippen MR) is 66.9 cm³/mol. The van der Waals surface area contributed by atoms with Crippen LogP contribution in [-0.2, 0) is 4.79 Å². The summed E-state index contributed by atoms with van der Waals surface area (Å²) in [6.45, 7) is 4.85. The van der Waals surface area contributed by atoms with Gasteiger partial charge in [-0.25, -0.2) is 9.97 Å². The van der Waals surface area contributed by atoms with Gasteiger partial charge in [0.15, 0.2) is 5.75 Å². The Bertz CT molecular complexity index is 424. The van der Waals surface area contributed by atoms with Crippen molar-refractivity contribution in [1.29, 1.82) is 0 Å². The van der Waals surface area contributed by atoms with Gasteiger partial charge in [0.1, 0.15) is 6.10 Å². The Morgan fingerprint density at radius 3 is 2.61 bits per heavy atom. The van der Waals surface area contributed by atoms with Crippen LogP contribution >= 0.6 is 0 Å². The summed E-state index contributed by atoms with van der Waals surface area (Å²) in [5.74, 6) is 0.815. The van der Waals surface area contributed by atoms with Crippen LogP contribution in [0, 0.1) is 0 Å². The highest BCUT2D eigenvalue weighted by molar-refractivity contribution is 5.87. The molecule has 1 aromatic heterocycles. The Kier molecular flexibility index (Phi) is 3.76. The lowest BCUT2D eigenvalue weighted by Gasteiger charge is -2.31. The van der Waals surface area contributed by atoms with E-state index < -0.39 is 0 Å². The Balaban J connectivity index is 1.85.